The van der Waals surface area contributed by atoms with Crippen molar-refractivity contribution in [3.63, 3.8) is 0 Å². The van der Waals surface area contributed by atoms with Gasteiger partial charge >= 0.3 is 0 Å². The molecule has 7 nitrogen and oxygen atoms in total. The summed E-state index contributed by atoms with van der Waals surface area (Å²) in [5.74, 6) is 1.72. The Hall–Kier alpha value is -2.74. The number of methoxy groups -OCH3 is 2. The standard InChI is InChI=1S/C19H20N2O5S/c1-12-7-8-13(11-15(12)21(23)24)18(22)20-9-10-27-19(20)14-5-4-6-16(25-2)17(14)26-3/h4-8,11,19H,9-10H2,1-3H3. The van der Waals surface area contributed by atoms with Gasteiger partial charge in [0.05, 0.1) is 19.1 Å². The van der Waals surface area contributed by atoms with E-state index in [-0.39, 0.29) is 17.0 Å². The number of aryl methyl sites for hydroxylation is 1. The van der Waals surface area contributed by atoms with E-state index >= 15 is 0 Å². The maximum Gasteiger partial charge on any atom is 0.273 e. The summed E-state index contributed by atoms with van der Waals surface area (Å²) in [5, 5.41) is 11.0. The molecule has 0 spiro atoms. The van der Waals surface area contributed by atoms with Crippen LogP contribution in [0.2, 0.25) is 0 Å². The first-order valence-electron chi connectivity index (χ1n) is 8.36. The van der Waals surface area contributed by atoms with Gasteiger partial charge in [0.2, 0.25) is 0 Å². The van der Waals surface area contributed by atoms with Crippen molar-refractivity contribution < 1.29 is 19.2 Å². The quantitative estimate of drug-likeness (QED) is 0.572. The average Bonchev–Trinajstić information content (AvgIpc) is 3.16. The van der Waals surface area contributed by atoms with Crippen LogP contribution in [0.15, 0.2) is 36.4 Å². The summed E-state index contributed by atoms with van der Waals surface area (Å²) >= 11 is 1.62. The number of para-hydroxylation sites is 1. The lowest BCUT2D eigenvalue weighted by Gasteiger charge is -2.26. The number of thioether (sulfide) groups is 1. The summed E-state index contributed by atoms with van der Waals surface area (Å²) < 4.78 is 10.9. The Bertz CT molecular complexity index is 886. The first-order valence-corrected chi connectivity index (χ1v) is 9.41. The summed E-state index contributed by atoms with van der Waals surface area (Å²) in [6, 6.07) is 10.2. The van der Waals surface area contributed by atoms with Crippen molar-refractivity contribution in [1.82, 2.24) is 4.90 Å². The molecule has 1 fully saturated rings. The zero-order valence-corrected chi connectivity index (χ0v) is 16.1. The number of nitrogens with zero attached hydrogens (tertiary/aromatic N) is 2. The predicted molar refractivity (Wildman–Crippen MR) is 104 cm³/mol. The summed E-state index contributed by atoms with van der Waals surface area (Å²) in [4.78, 5) is 25.5. The zero-order chi connectivity index (χ0) is 19.6. The second-order valence-electron chi connectivity index (χ2n) is 6.06. The maximum absolute atomic E-state index is 13.1. The summed E-state index contributed by atoms with van der Waals surface area (Å²) in [5.41, 5.74) is 1.62. The highest BCUT2D eigenvalue weighted by molar-refractivity contribution is 7.99. The van der Waals surface area contributed by atoms with Gasteiger partial charge in [-0.3, -0.25) is 14.9 Å². The first kappa shape index (κ1) is 19.0. The van der Waals surface area contributed by atoms with Crippen LogP contribution in [0, 0.1) is 17.0 Å². The summed E-state index contributed by atoms with van der Waals surface area (Å²) in [6.07, 6.45) is 0. The van der Waals surface area contributed by atoms with Gasteiger partial charge in [-0.25, -0.2) is 0 Å². The van der Waals surface area contributed by atoms with Crippen molar-refractivity contribution in [1.29, 1.82) is 0 Å². The normalized spacial score (nSPS) is 16.3. The van der Waals surface area contributed by atoms with Crippen molar-refractivity contribution in [2.24, 2.45) is 0 Å². The number of carbonyl (C=O) groups excluding carboxylic acids is 1. The highest BCUT2D eigenvalue weighted by Crippen LogP contribution is 2.45. The highest BCUT2D eigenvalue weighted by atomic mass is 32.2. The molecule has 1 aliphatic heterocycles. The van der Waals surface area contributed by atoms with E-state index in [4.69, 9.17) is 9.47 Å². The minimum Gasteiger partial charge on any atom is -0.493 e. The van der Waals surface area contributed by atoms with Crippen LogP contribution in [-0.4, -0.2) is 42.2 Å². The van der Waals surface area contributed by atoms with Crippen molar-refractivity contribution >= 4 is 23.4 Å². The lowest BCUT2D eigenvalue weighted by atomic mass is 10.1. The Morgan fingerprint density at radius 3 is 2.70 bits per heavy atom. The van der Waals surface area contributed by atoms with Crippen LogP contribution >= 0.6 is 11.8 Å². The molecule has 1 heterocycles. The van der Waals surface area contributed by atoms with Gasteiger partial charge in [-0.2, -0.15) is 0 Å². The number of nitro groups is 1. The second kappa shape index (κ2) is 7.87. The second-order valence-corrected chi connectivity index (χ2v) is 7.25. The highest BCUT2D eigenvalue weighted by Gasteiger charge is 2.34. The smallest absolute Gasteiger partial charge is 0.273 e. The molecule has 2 aromatic rings. The lowest BCUT2D eigenvalue weighted by Crippen LogP contribution is -2.30. The maximum atomic E-state index is 13.1. The zero-order valence-electron chi connectivity index (χ0n) is 15.3. The molecule has 3 rings (SSSR count). The van der Waals surface area contributed by atoms with Gasteiger partial charge in [-0.15, -0.1) is 11.8 Å². The Kier molecular flexibility index (Phi) is 5.55. The van der Waals surface area contributed by atoms with Crippen molar-refractivity contribution in [3.8, 4) is 11.5 Å². The molecule has 8 heteroatoms. The van der Waals surface area contributed by atoms with Crippen LogP contribution in [0.5, 0.6) is 11.5 Å². The van der Waals surface area contributed by atoms with E-state index in [2.05, 4.69) is 0 Å². The molecular formula is C19H20N2O5S. The molecule has 1 atom stereocenters. The summed E-state index contributed by atoms with van der Waals surface area (Å²) in [6.45, 7) is 2.21. The molecule has 2 aromatic carbocycles. The van der Waals surface area contributed by atoms with Crippen LogP contribution in [0.1, 0.15) is 26.9 Å². The lowest BCUT2D eigenvalue weighted by molar-refractivity contribution is -0.385. The van der Waals surface area contributed by atoms with E-state index in [0.29, 0.717) is 29.2 Å². The van der Waals surface area contributed by atoms with E-state index < -0.39 is 4.92 Å². The number of benzene rings is 2. The largest absolute Gasteiger partial charge is 0.493 e. The number of amides is 1. The number of ether oxygens (including phenoxy) is 2. The van der Waals surface area contributed by atoms with Gasteiger partial charge < -0.3 is 14.4 Å². The van der Waals surface area contributed by atoms with Crippen LogP contribution in [0.3, 0.4) is 0 Å². The third kappa shape index (κ3) is 3.57. The van der Waals surface area contributed by atoms with Crippen molar-refractivity contribution in [2.75, 3.05) is 26.5 Å². The first-order chi connectivity index (χ1) is 13.0. The number of carbonyl (C=O) groups is 1. The number of rotatable bonds is 5. The third-order valence-corrected chi connectivity index (χ3v) is 5.75. The third-order valence-electron chi connectivity index (χ3n) is 4.50. The van der Waals surface area contributed by atoms with Gasteiger partial charge in [-0.1, -0.05) is 18.2 Å². The Labute approximate surface area is 161 Å². The van der Waals surface area contributed by atoms with E-state index in [9.17, 15) is 14.9 Å². The number of nitro benzene ring substituents is 1. The molecule has 0 aliphatic carbocycles. The molecule has 0 aromatic heterocycles. The van der Waals surface area contributed by atoms with Gasteiger partial charge in [0.1, 0.15) is 5.37 Å². The Morgan fingerprint density at radius 1 is 1.26 bits per heavy atom. The van der Waals surface area contributed by atoms with Crippen LogP contribution in [0.4, 0.5) is 5.69 Å². The predicted octanol–water partition coefficient (Wildman–Crippen LogP) is 3.81. The molecule has 1 unspecified atom stereocenters. The summed E-state index contributed by atoms with van der Waals surface area (Å²) in [7, 11) is 3.13. The van der Waals surface area contributed by atoms with Gasteiger partial charge in [0.15, 0.2) is 11.5 Å². The van der Waals surface area contributed by atoms with Crippen molar-refractivity contribution in [2.45, 2.75) is 12.3 Å². The molecule has 0 bridgehead atoms. The Balaban J connectivity index is 1.97. The topological polar surface area (TPSA) is 81.9 Å². The number of hydrogen-bond acceptors (Lipinski definition) is 6. The average molecular weight is 388 g/mol. The Morgan fingerprint density at radius 2 is 2.04 bits per heavy atom. The molecule has 1 saturated heterocycles. The SMILES string of the molecule is COc1cccc(C2SCCN2C(=O)c2ccc(C)c([N+](=O)[O-])c2)c1OC. The van der Waals surface area contributed by atoms with Crippen molar-refractivity contribution in [3.05, 3.63) is 63.2 Å². The molecule has 1 aliphatic rings. The van der Waals surface area contributed by atoms with Crippen LogP contribution in [-0.2, 0) is 0 Å². The minimum atomic E-state index is -0.465. The molecule has 0 radical (unpaired) electrons. The van der Waals surface area contributed by atoms with E-state index in [0.717, 1.165) is 11.3 Å². The van der Waals surface area contributed by atoms with Gasteiger partial charge in [0.25, 0.3) is 11.6 Å². The van der Waals surface area contributed by atoms with E-state index in [1.165, 1.54) is 6.07 Å². The van der Waals surface area contributed by atoms with Crippen LogP contribution < -0.4 is 9.47 Å². The van der Waals surface area contributed by atoms with E-state index in [1.54, 1.807) is 56.0 Å². The fourth-order valence-electron chi connectivity index (χ4n) is 3.15. The molecule has 0 saturated carbocycles. The molecular weight excluding hydrogens is 368 g/mol. The van der Waals surface area contributed by atoms with Crippen LogP contribution in [0.25, 0.3) is 0 Å². The fourth-order valence-corrected chi connectivity index (χ4v) is 4.42. The monoisotopic (exact) mass is 388 g/mol. The van der Waals surface area contributed by atoms with Gasteiger partial charge in [-0.05, 0) is 19.1 Å². The number of hydrogen-bond donors (Lipinski definition) is 0. The fraction of sp³-hybridized carbons (Fsp3) is 0.316. The molecule has 27 heavy (non-hydrogen) atoms. The molecule has 0 N–H and O–H groups in total. The van der Waals surface area contributed by atoms with E-state index in [1.807, 2.05) is 12.1 Å². The minimum absolute atomic E-state index is 0.0526. The molecule has 1 amide bonds. The van der Waals surface area contributed by atoms with Gasteiger partial charge in [0, 0.05) is 35.1 Å². The molecule has 142 valence electrons.